The Morgan fingerprint density at radius 3 is 2.89 bits per heavy atom. The van der Waals surface area contributed by atoms with Gasteiger partial charge in [-0.15, -0.1) is 11.3 Å². The highest BCUT2D eigenvalue weighted by atomic mass is 32.2. The molecule has 0 radical (unpaired) electrons. The molecule has 0 aliphatic rings. The van der Waals surface area contributed by atoms with E-state index in [1.54, 1.807) is 6.07 Å². The van der Waals surface area contributed by atoms with Crippen molar-refractivity contribution in [1.82, 2.24) is 0 Å². The van der Waals surface area contributed by atoms with Crippen LogP contribution in [0.25, 0.3) is 10.1 Å². The van der Waals surface area contributed by atoms with E-state index >= 15 is 0 Å². The molecule has 0 amide bonds. The second kappa shape index (κ2) is 5.91. The topological polar surface area (TPSA) is 54.4 Å². The lowest BCUT2D eigenvalue weighted by Gasteiger charge is -1.92. The Bertz CT molecular complexity index is 704. The van der Waals surface area contributed by atoms with E-state index < -0.39 is 5.97 Å². The van der Waals surface area contributed by atoms with Crippen molar-refractivity contribution in [2.45, 2.75) is 6.92 Å². The SMILES string of the molecule is CC(=O)SCC#Cc1cccc2sc(C(=O)O)cc12. The zero-order valence-corrected chi connectivity index (χ0v) is 11.7. The molecule has 1 aromatic heterocycles. The normalized spacial score (nSPS) is 9.95. The van der Waals surface area contributed by atoms with Gasteiger partial charge in [0.2, 0.25) is 0 Å². The van der Waals surface area contributed by atoms with Crippen molar-refractivity contribution in [2.24, 2.45) is 0 Å². The van der Waals surface area contributed by atoms with Gasteiger partial charge in [-0.25, -0.2) is 4.79 Å². The molecule has 0 unspecified atom stereocenters. The molecule has 2 rings (SSSR count). The summed E-state index contributed by atoms with van der Waals surface area (Å²) in [6, 6.07) is 7.23. The van der Waals surface area contributed by atoms with Gasteiger partial charge in [-0.05, 0) is 18.2 Å². The highest BCUT2D eigenvalue weighted by Crippen LogP contribution is 2.28. The fraction of sp³-hybridized carbons (Fsp3) is 0.143. The number of fused-ring (bicyclic) bond motifs is 1. The molecule has 96 valence electrons. The third kappa shape index (κ3) is 3.37. The van der Waals surface area contributed by atoms with Crippen LogP contribution in [0.15, 0.2) is 24.3 Å². The average molecular weight is 290 g/mol. The summed E-state index contributed by atoms with van der Waals surface area (Å²) in [5.74, 6) is 5.42. The van der Waals surface area contributed by atoms with E-state index in [-0.39, 0.29) is 5.12 Å². The molecule has 0 saturated carbocycles. The van der Waals surface area contributed by atoms with Crippen LogP contribution < -0.4 is 0 Å². The first-order valence-corrected chi connectivity index (χ1v) is 7.26. The molecule has 5 heteroatoms. The van der Waals surface area contributed by atoms with Gasteiger partial charge in [0.15, 0.2) is 5.12 Å². The second-order valence-corrected chi connectivity index (χ2v) is 5.95. The summed E-state index contributed by atoms with van der Waals surface area (Å²) in [4.78, 5) is 22.0. The van der Waals surface area contributed by atoms with Gasteiger partial charge < -0.3 is 5.11 Å². The first-order valence-electron chi connectivity index (χ1n) is 5.46. The van der Waals surface area contributed by atoms with E-state index in [1.807, 2.05) is 18.2 Å². The van der Waals surface area contributed by atoms with Crippen LogP contribution in [-0.2, 0) is 4.79 Å². The fourth-order valence-corrected chi connectivity index (χ4v) is 2.82. The molecule has 0 fully saturated rings. The molecule has 0 atom stereocenters. The molecule has 19 heavy (non-hydrogen) atoms. The highest BCUT2D eigenvalue weighted by molar-refractivity contribution is 8.13. The zero-order valence-electron chi connectivity index (χ0n) is 10.1. The first kappa shape index (κ1) is 13.7. The average Bonchev–Trinajstić information content (AvgIpc) is 2.79. The number of hydrogen-bond donors (Lipinski definition) is 1. The Morgan fingerprint density at radius 2 is 2.21 bits per heavy atom. The van der Waals surface area contributed by atoms with Gasteiger partial charge in [0.25, 0.3) is 0 Å². The van der Waals surface area contributed by atoms with Crippen LogP contribution in [0.2, 0.25) is 0 Å². The second-order valence-electron chi connectivity index (χ2n) is 3.72. The smallest absolute Gasteiger partial charge is 0.345 e. The molecule has 0 spiro atoms. The zero-order chi connectivity index (χ0) is 13.8. The number of carbonyl (C=O) groups excluding carboxylic acids is 1. The number of thiophene rings is 1. The number of carbonyl (C=O) groups is 2. The van der Waals surface area contributed by atoms with E-state index in [2.05, 4.69) is 11.8 Å². The molecule has 0 saturated heterocycles. The lowest BCUT2D eigenvalue weighted by Crippen LogP contribution is -1.89. The van der Waals surface area contributed by atoms with Crippen molar-refractivity contribution in [2.75, 3.05) is 5.75 Å². The molecular formula is C14H10O3S2. The number of carboxylic acid groups (broad SMARTS) is 1. The number of rotatable bonds is 2. The molecule has 0 aliphatic carbocycles. The number of aromatic carboxylic acids is 1. The van der Waals surface area contributed by atoms with Crippen molar-refractivity contribution < 1.29 is 14.7 Å². The van der Waals surface area contributed by atoms with Gasteiger partial charge in [-0.1, -0.05) is 29.7 Å². The number of hydrogen-bond acceptors (Lipinski definition) is 4. The van der Waals surface area contributed by atoms with E-state index in [9.17, 15) is 9.59 Å². The molecule has 0 bridgehead atoms. The summed E-state index contributed by atoms with van der Waals surface area (Å²) in [7, 11) is 0. The number of benzene rings is 1. The van der Waals surface area contributed by atoms with Crippen molar-refractivity contribution >= 4 is 44.3 Å². The lowest BCUT2D eigenvalue weighted by molar-refractivity contribution is -0.109. The van der Waals surface area contributed by atoms with Crippen molar-refractivity contribution in [3.05, 3.63) is 34.7 Å². The Balaban J connectivity index is 2.32. The summed E-state index contributed by atoms with van der Waals surface area (Å²) in [6.45, 7) is 1.51. The van der Waals surface area contributed by atoms with Crippen LogP contribution in [0.5, 0.6) is 0 Å². The first-order chi connectivity index (χ1) is 9.08. The maximum absolute atomic E-state index is 11.0. The van der Waals surface area contributed by atoms with E-state index in [0.29, 0.717) is 10.6 Å². The molecular weight excluding hydrogens is 280 g/mol. The third-order valence-electron chi connectivity index (χ3n) is 2.34. The van der Waals surface area contributed by atoms with Gasteiger partial charge in [0.05, 0.1) is 5.75 Å². The minimum absolute atomic E-state index is 0.0382. The largest absolute Gasteiger partial charge is 0.477 e. The Labute approximate surface area is 118 Å². The van der Waals surface area contributed by atoms with Gasteiger partial charge in [-0.2, -0.15) is 0 Å². The van der Waals surface area contributed by atoms with Crippen molar-refractivity contribution in [1.29, 1.82) is 0 Å². The maximum Gasteiger partial charge on any atom is 0.345 e. The predicted octanol–water partition coefficient (Wildman–Crippen LogP) is 3.23. The molecule has 2 aromatic rings. The van der Waals surface area contributed by atoms with Crippen LogP contribution in [0, 0.1) is 11.8 Å². The van der Waals surface area contributed by atoms with Crippen molar-refractivity contribution in [3.8, 4) is 11.8 Å². The van der Waals surface area contributed by atoms with E-state index in [0.717, 1.165) is 27.4 Å². The summed E-state index contributed by atoms with van der Waals surface area (Å²) < 4.78 is 0.906. The van der Waals surface area contributed by atoms with Crippen LogP contribution in [0.3, 0.4) is 0 Å². The molecule has 3 nitrogen and oxygen atoms in total. The number of thioether (sulfide) groups is 1. The Morgan fingerprint density at radius 1 is 1.42 bits per heavy atom. The third-order valence-corrected chi connectivity index (χ3v) is 4.13. The summed E-state index contributed by atoms with van der Waals surface area (Å²) in [5, 5.41) is 9.88. The van der Waals surface area contributed by atoms with E-state index in [4.69, 9.17) is 5.11 Å². The quantitative estimate of drug-likeness (QED) is 0.863. The lowest BCUT2D eigenvalue weighted by atomic mass is 10.1. The maximum atomic E-state index is 11.0. The van der Waals surface area contributed by atoms with Gasteiger partial charge in [0, 0.05) is 22.6 Å². The predicted molar refractivity (Wildman–Crippen MR) is 78.8 cm³/mol. The van der Waals surface area contributed by atoms with Crippen LogP contribution in [0.1, 0.15) is 22.2 Å². The standard InChI is InChI=1S/C14H10O3S2/c1-9(15)18-7-3-5-10-4-2-6-12-11(10)8-13(19-12)14(16)17/h2,4,6,8H,7H2,1H3,(H,16,17). The molecule has 1 N–H and O–H groups in total. The minimum atomic E-state index is -0.924. The minimum Gasteiger partial charge on any atom is -0.477 e. The summed E-state index contributed by atoms with van der Waals surface area (Å²) in [5.41, 5.74) is 0.797. The molecule has 0 aliphatic heterocycles. The Kier molecular flexibility index (Phi) is 4.25. The fourth-order valence-electron chi connectivity index (χ4n) is 1.54. The van der Waals surface area contributed by atoms with Crippen LogP contribution in [-0.4, -0.2) is 21.9 Å². The Hall–Kier alpha value is -1.77. The monoisotopic (exact) mass is 290 g/mol. The van der Waals surface area contributed by atoms with Gasteiger partial charge in [-0.3, -0.25) is 4.79 Å². The van der Waals surface area contributed by atoms with Crippen LogP contribution >= 0.6 is 23.1 Å². The van der Waals surface area contributed by atoms with Crippen LogP contribution in [0.4, 0.5) is 0 Å². The van der Waals surface area contributed by atoms with Gasteiger partial charge >= 0.3 is 5.97 Å². The number of carboxylic acids is 1. The highest BCUT2D eigenvalue weighted by Gasteiger charge is 2.09. The molecule has 1 heterocycles. The van der Waals surface area contributed by atoms with Gasteiger partial charge in [0.1, 0.15) is 4.88 Å². The summed E-state index contributed by atoms with van der Waals surface area (Å²) in [6.07, 6.45) is 0. The van der Waals surface area contributed by atoms with E-state index in [1.165, 1.54) is 18.3 Å². The summed E-state index contributed by atoms with van der Waals surface area (Å²) >= 11 is 2.40. The van der Waals surface area contributed by atoms with Crippen molar-refractivity contribution in [3.63, 3.8) is 0 Å². The molecule has 1 aromatic carbocycles.